The molecule has 3 heteroatoms. The molecule has 0 radical (unpaired) electrons. The van der Waals surface area contributed by atoms with Gasteiger partial charge in [-0.3, -0.25) is 4.90 Å². The number of furan rings is 1. The van der Waals surface area contributed by atoms with Crippen molar-refractivity contribution in [1.29, 1.82) is 0 Å². The molecule has 0 atom stereocenters. The number of hydrogen-bond donors (Lipinski definition) is 1. The van der Waals surface area contributed by atoms with Gasteiger partial charge >= 0.3 is 0 Å². The molecule has 1 aromatic rings. The summed E-state index contributed by atoms with van der Waals surface area (Å²) in [6, 6.07) is 2.17. The fourth-order valence-corrected chi connectivity index (χ4v) is 2.01. The summed E-state index contributed by atoms with van der Waals surface area (Å²) in [7, 11) is 4.12. The maximum atomic E-state index is 5.76. The van der Waals surface area contributed by atoms with Crippen LogP contribution >= 0.6 is 0 Å². The highest BCUT2D eigenvalue weighted by molar-refractivity contribution is 5.20. The Morgan fingerprint density at radius 1 is 1.35 bits per heavy atom. The molecule has 0 fully saturated rings. The quantitative estimate of drug-likeness (QED) is 0.706. The van der Waals surface area contributed by atoms with Crippen LogP contribution in [0.3, 0.4) is 0 Å². The minimum absolute atomic E-state index is 0.884. The third kappa shape index (κ3) is 4.92. The summed E-state index contributed by atoms with van der Waals surface area (Å²) in [6.45, 7) is 7.21. The van der Waals surface area contributed by atoms with Crippen molar-refractivity contribution in [3.63, 3.8) is 0 Å². The highest BCUT2D eigenvalue weighted by atomic mass is 16.3. The predicted octanol–water partition coefficient (Wildman–Crippen LogP) is 2.93. The Bertz CT molecular complexity index is 320. The van der Waals surface area contributed by atoms with Crippen LogP contribution in [0, 0.1) is 6.92 Å². The van der Waals surface area contributed by atoms with Gasteiger partial charge in [-0.15, -0.1) is 0 Å². The number of rotatable bonds is 8. The van der Waals surface area contributed by atoms with Crippen molar-refractivity contribution in [3.8, 4) is 0 Å². The molecule has 0 saturated heterocycles. The second-order valence-corrected chi connectivity index (χ2v) is 4.77. The summed E-state index contributed by atoms with van der Waals surface area (Å²) in [5.74, 6) is 2.11. The van der Waals surface area contributed by atoms with Crippen LogP contribution in [0.1, 0.15) is 43.3 Å². The summed E-state index contributed by atoms with van der Waals surface area (Å²) in [6.07, 6.45) is 3.86. The molecule has 0 aliphatic rings. The minimum atomic E-state index is 0.884. The van der Waals surface area contributed by atoms with E-state index in [1.165, 1.54) is 24.8 Å². The molecule has 1 rings (SSSR count). The molecule has 3 nitrogen and oxygen atoms in total. The first-order chi connectivity index (χ1) is 8.17. The number of nitrogens with zero attached hydrogens (tertiary/aromatic N) is 1. The van der Waals surface area contributed by atoms with Crippen molar-refractivity contribution < 1.29 is 4.42 Å². The van der Waals surface area contributed by atoms with Crippen molar-refractivity contribution in [2.24, 2.45) is 0 Å². The Labute approximate surface area is 105 Å². The van der Waals surface area contributed by atoms with E-state index in [1.54, 1.807) is 0 Å². The maximum absolute atomic E-state index is 5.76. The fourth-order valence-electron chi connectivity index (χ4n) is 2.01. The van der Waals surface area contributed by atoms with Gasteiger partial charge in [-0.1, -0.05) is 19.8 Å². The third-order valence-corrected chi connectivity index (χ3v) is 3.01. The molecule has 1 heterocycles. The van der Waals surface area contributed by atoms with Crippen LogP contribution in [-0.4, -0.2) is 25.5 Å². The Balaban J connectivity index is 2.42. The smallest absolute Gasteiger partial charge is 0.118 e. The van der Waals surface area contributed by atoms with Crippen LogP contribution in [-0.2, 0) is 13.1 Å². The van der Waals surface area contributed by atoms with Crippen molar-refractivity contribution in [1.82, 2.24) is 10.2 Å². The lowest BCUT2D eigenvalue weighted by Gasteiger charge is -2.14. The Kier molecular flexibility index (Phi) is 6.30. The number of unbranched alkanes of at least 4 members (excludes halogenated alkanes) is 2. The van der Waals surface area contributed by atoms with Gasteiger partial charge in [0.2, 0.25) is 0 Å². The molecule has 0 bridgehead atoms. The lowest BCUT2D eigenvalue weighted by molar-refractivity contribution is 0.286. The third-order valence-electron chi connectivity index (χ3n) is 3.01. The van der Waals surface area contributed by atoms with Gasteiger partial charge < -0.3 is 9.73 Å². The van der Waals surface area contributed by atoms with Gasteiger partial charge in [-0.25, -0.2) is 0 Å². The molecular formula is C14H26N2O. The zero-order chi connectivity index (χ0) is 12.7. The molecule has 98 valence electrons. The van der Waals surface area contributed by atoms with E-state index in [1.807, 2.05) is 14.0 Å². The minimum Gasteiger partial charge on any atom is -0.465 e. The van der Waals surface area contributed by atoms with E-state index in [4.69, 9.17) is 4.42 Å². The van der Waals surface area contributed by atoms with Crippen LogP contribution in [0.4, 0.5) is 0 Å². The van der Waals surface area contributed by atoms with E-state index in [0.29, 0.717) is 0 Å². The van der Waals surface area contributed by atoms with Gasteiger partial charge in [0, 0.05) is 12.1 Å². The summed E-state index contributed by atoms with van der Waals surface area (Å²) in [5, 5.41) is 3.16. The zero-order valence-electron chi connectivity index (χ0n) is 11.7. The SMILES string of the molecule is CCCCCN(C)Cc1cc(CNC)c(C)o1. The van der Waals surface area contributed by atoms with Crippen LogP contribution in [0.15, 0.2) is 10.5 Å². The maximum Gasteiger partial charge on any atom is 0.118 e. The Morgan fingerprint density at radius 3 is 2.76 bits per heavy atom. The highest BCUT2D eigenvalue weighted by Gasteiger charge is 2.08. The van der Waals surface area contributed by atoms with Gasteiger partial charge in [0.1, 0.15) is 11.5 Å². The first-order valence-electron chi connectivity index (χ1n) is 6.58. The van der Waals surface area contributed by atoms with E-state index in [-0.39, 0.29) is 0 Å². The second-order valence-electron chi connectivity index (χ2n) is 4.77. The van der Waals surface area contributed by atoms with Gasteiger partial charge in [0.05, 0.1) is 6.54 Å². The molecule has 0 aromatic carbocycles. The van der Waals surface area contributed by atoms with Crippen LogP contribution in [0.25, 0.3) is 0 Å². The molecule has 0 saturated carbocycles. The highest BCUT2D eigenvalue weighted by Crippen LogP contribution is 2.16. The Morgan fingerprint density at radius 2 is 2.12 bits per heavy atom. The molecular weight excluding hydrogens is 212 g/mol. The summed E-state index contributed by atoms with van der Waals surface area (Å²) < 4.78 is 5.76. The summed E-state index contributed by atoms with van der Waals surface area (Å²) in [5.41, 5.74) is 1.27. The van der Waals surface area contributed by atoms with E-state index >= 15 is 0 Å². The van der Waals surface area contributed by atoms with Gasteiger partial charge in [0.15, 0.2) is 0 Å². The fraction of sp³-hybridized carbons (Fsp3) is 0.714. The second kappa shape index (κ2) is 7.51. The number of nitrogens with one attached hydrogen (secondary N) is 1. The largest absolute Gasteiger partial charge is 0.465 e. The van der Waals surface area contributed by atoms with Crippen molar-refractivity contribution in [3.05, 3.63) is 23.2 Å². The molecule has 0 aliphatic heterocycles. The van der Waals surface area contributed by atoms with Crippen LogP contribution in [0.2, 0.25) is 0 Å². The zero-order valence-corrected chi connectivity index (χ0v) is 11.7. The molecule has 0 unspecified atom stereocenters. The van der Waals surface area contributed by atoms with Crippen LogP contribution < -0.4 is 5.32 Å². The lowest BCUT2D eigenvalue weighted by Crippen LogP contribution is -2.18. The molecule has 0 amide bonds. The first kappa shape index (κ1) is 14.3. The topological polar surface area (TPSA) is 28.4 Å². The van der Waals surface area contributed by atoms with Crippen molar-refractivity contribution in [2.75, 3.05) is 20.6 Å². The number of aryl methyl sites for hydroxylation is 1. The van der Waals surface area contributed by atoms with E-state index in [0.717, 1.165) is 31.2 Å². The monoisotopic (exact) mass is 238 g/mol. The summed E-state index contributed by atoms with van der Waals surface area (Å²) >= 11 is 0. The normalized spacial score (nSPS) is 11.4. The van der Waals surface area contributed by atoms with Crippen LogP contribution in [0.5, 0.6) is 0 Å². The van der Waals surface area contributed by atoms with Gasteiger partial charge in [0.25, 0.3) is 0 Å². The average Bonchev–Trinajstić information content (AvgIpc) is 2.60. The van der Waals surface area contributed by atoms with Crippen molar-refractivity contribution >= 4 is 0 Å². The average molecular weight is 238 g/mol. The molecule has 17 heavy (non-hydrogen) atoms. The summed E-state index contributed by atoms with van der Waals surface area (Å²) in [4.78, 5) is 2.33. The predicted molar refractivity (Wildman–Crippen MR) is 72.1 cm³/mol. The van der Waals surface area contributed by atoms with E-state index in [2.05, 4.69) is 30.3 Å². The number of hydrogen-bond acceptors (Lipinski definition) is 3. The Hall–Kier alpha value is -0.800. The molecule has 1 N–H and O–H groups in total. The van der Waals surface area contributed by atoms with Gasteiger partial charge in [-0.05, 0) is 40.1 Å². The molecule has 1 aromatic heterocycles. The molecule has 0 aliphatic carbocycles. The standard InChI is InChI=1S/C14H26N2O/c1-5-6-7-8-16(4)11-14-9-13(10-15-3)12(2)17-14/h9,15H,5-8,10-11H2,1-4H3. The van der Waals surface area contributed by atoms with Crippen molar-refractivity contribution in [2.45, 2.75) is 46.2 Å². The van der Waals surface area contributed by atoms with E-state index < -0.39 is 0 Å². The van der Waals surface area contributed by atoms with Gasteiger partial charge in [-0.2, -0.15) is 0 Å². The van der Waals surface area contributed by atoms with E-state index in [9.17, 15) is 0 Å². The molecule has 0 spiro atoms. The first-order valence-corrected chi connectivity index (χ1v) is 6.58. The lowest BCUT2D eigenvalue weighted by atomic mass is 10.2.